The molecule has 0 aromatic carbocycles. The summed E-state index contributed by atoms with van der Waals surface area (Å²) in [5.74, 6) is -0.0893. The number of aliphatic hydroxyl groups is 1. The third-order valence-electron chi connectivity index (χ3n) is 3.85. The standard InChI is InChI=1S/C12H18O3/c1-2-11(13)15-10-7-6-9-5-3-4-8-12(9,10)14/h2,9-10,14H,1,3-8H2. The van der Waals surface area contributed by atoms with Crippen LogP contribution in [0.15, 0.2) is 12.7 Å². The van der Waals surface area contributed by atoms with E-state index in [1.54, 1.807) is 0 Å². The van der Waals surface area contributed by atoms with Crippen LogP contribution >= 0.6 is 0 Å². The van der Waals surface area contributed by atoms with Gasteiger partial charge < -0.3 is 9.84 Å². The van der Waals surface area contributed by atoms with E-state index in [2.05, 4.69) is 6.58 Å². The van der Waals surface area contributed by atoms with Crippen LogP contribution in [-0.4, -0.2) is 22.8 Å². The fourth-order valence-corrected chi connectivity index (χ4v) is 3.02. The van der Waals surface area contributed by atoms with Crippen LogP contribution in [0.1, 0.15) is 38.5 Å². The van der Waals surface area contributed by atoms with Crippen molar-refractivity contribution < 1.29 is 14.6 Å². The van der Waals surface area contributed by atoms with Crippen LogP contribution in [0.4, 0.5) is 0 Å². The lowest BCUT2D eigenvalue weighted by molar-refractivity contribution is -0.162. The van der Waals surface area contributed by atoms with Crippen molar-refractivity contribution in [2.75, 3.05) is 0 Å². The highest BCUT2D eigenvalue weighted by molar-refractivity contribution is 5.81. The maximum Gasteiger partial charge on any atom is 0.330 e. The number of hydrogen-bond acceptors (Lipinski definition) is 3. The normalized spacial score (nSPS) is 39.5. The Kier molecular flexibility index (Phi) is 2.83. The van der Waals surface area contributed by atoms with E-state index >= 15 is 0 Å². The van der Waals surface area contributed by atoms with Crippen molar-refractivity contribution in [3.05, 3.63) is 12.7 Å². The molecule has 15 heavy (non-hydrogen) atoms. The van der Waals surface area contributed by atoms with Gasteiger partial charge in [0.2, 0.25) is 0 Å². The summed E-state index contributed by atoms with van der Waals surface area (Å²) in [6, 6.07) is 0. The van der Waals surface area contributed by atoms with E-state index in [1.807, 2.05) is 0 Å². The van der Waals surface area contributed by atoms with Gasteiger partial charge in [0, 0.05) is 6.08 Å². The Labute approximate surface area is 90.1 Å². The highest BCUT2D eigenvalue weighted by Crippen LogP contribution is 2.46. The minimum absolute atomic E-state index is 0.312. The highest BCUT2D eigenvalue weighted by atomic mass is 16.6. The highest BCUT2D eigenvalue weighted by Gasteiger charge is 2.51. The van der Waals surface area contributed by atoms with Gasteiger partial charge in [0.25, 0.3) is 0 Å². The molecule has 2 fully saturated rings. The summed E-state index contributed by atoms with van der Waals surface area (Å²) in [5, 5.41) is 10.5. The smallest absolute Gasteiger partial charge is 0.330 e. The molecule has 2 aliphatic rings. The van der Waals surface area contributed by atoms with Crippen molar-refractivity contribution in [1.29, 1.82) is 0 Å². The quantitative estimate of drug-likeness (QED) is 0.558. The molecule has 0 aromatic rings. The van der Waals surface area contributed by atoms with Gasteiger partial charge in [-0.05, 0) is 31.6 Å². The van der Waals surface area contributed by atoms with Crippen LogP contribution in [0.3, 0.4) is 0 Å². The zero-order chi connectivity index (χ0) is 10.9. The van der Waals surface area contributed by atoms with Crippen LogP contribution in [0, 0.1) is 5.92 Å². The maximum atomic E-state index is 11.1. The molecule has 0 spiro atoms. The number of esters is 1. The number of rotatable bonds is 2. The van der Waals surface area contributed by atoms with E-state index in [0.717, 1.165) is 32.1 Å². The molecular weight excluding hydrogens is 192 g/mol. The van der Waals surface area contributed by atoms with E-state index in [1.165, 1.54) is 12.5 Å². The second-order valence-corrected chi connectivity index (χ2v) is 4.64. The first kappa shape index (κ1) is 10.7. The molecule has 0 amide bonds. The van der Waals surface area contributed by atoms with Crippen LogP contribution < -0.4 is 0 Å². The largest absolute Gasteiger partial charge is 0.456 e. The Morgan fingerprint density at radius 2 is 2.20 bits per heavy atom. The van der Waals surface area contributed by atoms with Crippen LogP contribution in [0.25, 0.3) is 0 Å². The number of hydrogen-bond donors (Lipinski definition) is 1. The third-order valence-corrected chi connectivity index (χ3v) is 3.85. The predicted octanol–water partition coefficient (Wildman–Crippen LogP) is 1.80. The lowest BCUT2D eigenvalue weighted by Crippen LogP contribution is -2.46. The minimum atomic E-state index is -0.753. The second kappa shape index (κ2) is 3.97. The lowest BCUT2D eigenvalue weighted by Gasteiger charge is -2.38. The summed E-state index contributed by atoms with van der Waals surface area (Å²) in [6.45, 7) is 3.37. The van der Waals surface area contributed by atoms with Crippen molar-refractivity contribution in [3.8, 4) is 0 Å². The molecule has 2 saturated carbocycles. The summed E-state index contributed by atoms with van der Waals surface area (Å²) in [6.07, 6.45) is 6.69. The first-order valence-electron chi connectivity index (χ1n) is 5.72. The number of ether oxygens (including phenoxy) is 1. The Bertz CT molecular complexity index is 274. The molecule has 84 valence electrons. The van der Waals surface area contributed by atoms with E-state index in [-0.39, 0.29) is 6.10 Å². The molecule has 0 heterocycles. The predicted molar refractivity (Wildman–Crippen MR) is 56.2 cm³/mol. The number of fused-ring (bicyclic) bond motifs is 1. The molecule has 0 aliphatic heterocycles. The molecule has 3 unspecified atom stereocenters. The molecule has 2 rings (SSSR count). The van der Waals surface area contributed by atoms with Crippen molar-refractivity contribution >= 4 is 5.97 Å². The van der Waals surface area contributed by atoms with Gasteiger partial charge in [-0.3, -0.25) is 0 Å². The zero-order valence-electron chi connectivity index (χ0n) is 8.95. The van der Waals surface area contributed by atoms with E-state index in [9.17, 15) is 9.90 Å². The fourth-order valence-electron chi connectivity index (χ4n) is 3.02. The summed E-state index contributed by atoms with van der Waals surface area (Å²) < 4.78 is 5.23. The van der Waals surface area contributed by atoms with Crippen molar-refractivity contribution in [1.82, 2.24) is 0 Å². The Morgan fingerprint density at radius 1 is 1.40 bits per heavy atom. The molecule has 0 saturated heterocycles. The molecule has 0 bridgehead atoms. The van der Waals surface area contributed by atoms with Gasteiger partial charge in [-0.25, -0.2) is 4.79 Å². The summed E-state index contributed by atoms with van der Waals surface area (Å²) in [5.41, 5.74) is -0.753. The van der Waals surface area contributed by atoms with Crippen LogP contribution in [0.2, 0.25) is 0 Å². The minimum Gasteiger partial charge on any atom is -0.456 e. The van der Waals surface area contributed by atoms with Gasteiger partial charge in [0.15, 0.2) is 0 Å². The number of carbonyl (C=O) groups excluding carboxylic acids is 1. The summed E-state index contributed by atoms with van der Waals surface area (Å²) in [7, 11) is 0. The summed E-state index contributed by atoms with van der Waals surface area (Å²) >= 11 is 0. The lowest BCUT2D eigenvalue weighted by atomic mass is 9.77. The molecule has 3 nitrogen and oxygen atoms in total. The molecule has 2 aliphatic carbocycles. The maximum absolute atomic E-state index is 11.1. The van der Waals surface area contributed by atoms with Gasteiger partial charge in [0.05, 0.1) is 0 Å². The van der Waals surface area contributed by atoms with Crippen LogP contribution in [0.5, 0.6) is 0 Å². The zero-order valence-corrected chi connectivity index (χ0v) is 8.95. The van der Waals surface area contributed by atoms with Crippen molar-refractivity contribution in [2.24, 2.45) is 5.92 Å². The topological polar surface area (TPSA) is 46.5 Å². The molecule has 0 aromatic heterocycles. The average molecular weight is 210 g/mol. The van der Waals surface area contributed by atoms with Gasteiger partial charge in [0.1, 0.15) is 11.7 Å². The Hall–Kier alpha value is -0.830. The summed E-state index contributed by atoms with van der Waals surface area (Å²) in [4.78, 5) is 11.1. The van der Waals surface area contributed by atoms with Crippen LogP contribution in [-0.2, 0) is 9.53 Å². The monoisotopic (exact) mass is 210 g/mol. The van der Waals surface area contributed by atoms with E-state index < -0.39 is 11.6 Å². The first-order chi connectivity index (χ1) is 7.16. The molecular formula is C12H18O3. The average Bonchev–Trinajstić information content (AvgIpc) is 2.56. The molecule has 3 atom stereocenters. The van der Waals surface area contributed by atoms with Crippen molar-refractivity contribution in [2.45, 2.75) is 50.2 Å². The third kappa shape index (κ3) is 1.81. The SMILES string of the molecule is C=CC(=O)OC1CCC2CCCCC21O. The molecule has 0 radical (unpaired) electrons. The van der Waals surface area contributed by atoms with E-state index in [4.69, 9.17) is 4.74 Å². The van der Waals surface area contributed by atoms with Gasteiger partial charge in [-0.2, -0.15) is 0 Å². The number of carbonyl (C=O) groups is 1. The van der Waals surface area contributed by atoms with Gasteiger partial charge >= 0.3 is 5.97 Å². The fraction of sp³-hybridized carbons (Fsp3) is 0.750. The first-order valence-corrected chi connectivity index (χ1v) is 5.72. The Balaban J connectivity index is 2.07. The van der Waals surface area contributed by atoms with Crippen molar-refractivity contribution in [3.63, 3.8) is 0 Å². The van der Waals surface area contributed by atoms with Gasteiger partial charge in [-0.15, -0.1) is 0 Å². The Morgan fingerprint density at radius 3 is 2.93 bits per heavy atom. The molecule has 1 N–H and O–H groups in total. The molecule has 3 heteroatoms. The second-order valence-electron chi connectivity index (χ2n) is 4.64. The van der Waals surface area contributed by atoms with Gasteiger partial charge in [-0.1, -0.05) is 19.4 Å². The van der Waals surface area contributed by atoms with E-state index in [0.29, 0.717) is 5.92 Å².